The van der Waals surface area contributed by atoms with Crippen molar-refractivity contribution in [3.05, 3.63) is 53.6 Å². The van der Waals surface area contributed by atoms with Crippen LogP contribution in [0, 0.1) is 11.6 Å². The number of carbonyl (C=O) groups is 1. The first kappa shape index (κ1) is 13.8. The van der Waals surface area contributed by atoms with Crippen LogP contribution in [0.25, 0.3) is 0 Å². The molecule has 0 aromatic heterocycles. The molecule has 3 N–H and O–H groups in total. The Balaban J connectivity index is 2.39. The summed E-state index contributed by atoms with van der Waals surface area (Å²) in [7, 11) is 1.20. The fourth-order valence-corrected chi connectivity index (χ4v) is 1.69. The molecule has 0 unspecified atom stereocenters. The van der Waals surface area contributed by atoms with Gasteiger partial charge in [0.05, 0.1) is 18.4 Å². The van der Waals surface area contributed by atoms with Crippen molar-refractivity contribution in [2.24, 2.45) is 0 Å². The van der Waals surface area contributed by atoms with E-state index < -0.39 is 17.6 Å². The van der Waals surface area contributed by atoms with E-state index >= 15 is 0 Å². The van der Waals surface area contributed by atoms with Gasteiger partial charge in [-0.05, 0) is 30.3 Å². The lowest BCUT2D eigenvalue weighted by Gasteiger charge is -2.11. The summed E-state index contributed by atoms with van der Waals surface area (Å²) >= 11 is 0. The molecule has 104 valence electrons. The summed E-state index contributed by atoms with van der Waals surface area (Å²) in [6.07, 6.45) is 0. The van der Waals surface area contributed by atoms with Gasteiger partial charge in [-0.3, -0.25) is 0 Å². The van der Waals surface area contributed by atoms with Gasteiger partial charge in [0.1, 0.15) is 11.6 Å². The first-order valence-electron chi connectivity index (χ1n) is 5.71. The molecule has 2 aromatic rings. The normalized spacial score (nSPS) is 10.2. The lowest BCUT2D eigenvalue weighted by molar-refractivity contribution is 0.0602. The van der Waals surface area contributed by atoms with E-state index in [9.17, 15) is 13.6 Å². The Kier molecular flexibility index (Phi) is 3.84. The van der Waals surface area contributed by atoms with Crippen LogP contribution in [0.1, 0.15) is 10.4 Å². The zero-order valence-corrected chi connectivity index (χ0v) is 10.6. The monoisotopic (exact) mass is 278 g/mol. The van der Waals surface area contributed by atoms with Crippen LogP contribution in [-0.2, 0) is 4.74 Å². The number of carbonyl (C=O) groups excluding carboxylic acids is 1. The van der Waals surface area contributed by atoms with Crippen molar-refractivity contribution in [3.63, 3.8) is 0 Å². The summed E-state index contributed by atoms with van der Waals surface area (Å²) in [6, 6.07) is 7.75. The van der Waals surface area contributed by atoms with Crippen molar-refractivity contribution < 1.29 is 18.3 Å². The molecule has 0 bridgehead atoms. The van der Waals surface area contributed by atoms with E-state index in [1.54, 1.807) is 6.07 Å². The quantitative estimate of drug-likeness (QED) is 0.669. The van der Waals surface area contributed by atoms with Crippen molar-refractivity contribution in [2.45, 2.75) is 0 Å². The van der Waals surface area contributed by atoms with Crippen molar-refractivity contribution >= 4 is 23.0 Å². The minimum Gasteiger partial charge on any atom is -0.465 e. The highest BCUT2D eigenvalue weighted by Crippen LogP contribution is 2.26. The van der Waals surface area contributed by atoms with E-state index in [1.165, 1.54) is 31.4 Å². The molecule has 0 saturated heterocycles. The van der Waals surface area contributed by atoms with Crippen molar-refractivity contribution in [3.8, 4) is 0 Å². The summed E-state index contributed by atoms with van der Waals surface area (Å²) in [4.78, 5) is 11.5. The van der Waals surface area contributed by atoms with Crippen LogP contribution in [0.5, 0.6) is 0 Å². The van der Waals surface area contributed by atoms with Crippen LogP contribution >= 0.6 is 0 Å². The third kappa shape index (κ3) is 2.85. The molecule has 0 amide bonds. The van der Waals surface area contributed by atoms with Gasteiger partial charge in [0.25, 0.3) is 0 Å². The summed E-state index contributed by atoms with van der Waals surface area (Å²) < 4.78 is 31.4. The second-order valence-electron chi connectivity index (χ2n) is 4.05. The van der Waals surface area contributed by atoms with Gasteiger partial charge in [0, 0.05) is 11.4 Å². The van der Waals surface area contributed by atoms with E-state index in [0.29, 0.717) is 5.69 Å². The molecule has 0 fully saturated rings. The summed E-state index contributed by atoms with van der Waals surface area (Å²) in [6.45, 7) is 0. The molecule has 0 radical (unpaired) electrons. The second kappa shape index (κ2) is 5.56. The molecule has 0 aliphatic heterocycles. The van der Waals surface area contributed by atoms with Crippen LogP contribution in [0.2, 0.25) is 0 Å². The number of halogens is 2. The number of nitrogens with one attached hydrogen (secondary N) is 1. The third-order valence-electron chi connectivity index (χ3n) is 2.65. The number of nitrogen functional groups attached to an aromatic ring is 1. The number of esters is 1. The highest BCUT2D eigenvalue weighted by molar-refractivity contribution is 5.96. The van der Waals surface area contributed by atoms with E-state index in [0.717, 1.165) is 6.07 Å². The summed E-state index contributed by atoms with van der Waals surface area (Å²) in [5.74, 6) is -1.79. The van der Waals surface area contributed by atoms with Gasteiger partial charge >= 0.3 is 5.97 Å². The van der Waals surface area contributed by atoms with Crippen LogP contribution in [0.15, 0.2) is 36.4 Å². The molecule has 0 atom stereocenters. The number of ether oxygens (including phenoxy) is 1. The Labute approximate surface area is 114 Å². The van der Waals surface area contributed by atoms with E-state index in [-0.39, 0.29) is 16.9 Å². The number of benzene rings is 2. The number of hydrogen-bond acceptors (Lipinski definition) is 4. The van der Waals surface area contributed by atoms with Gasteiger partial charge in [-0.2, -0.15) is 0 Å². The van der Waals surface area contributed by atoms with Crippen molar-refractivity contribution in [1.82, 2.24) is 0 Å². The molecular formula is C14H12F2N2O2. The maximum Gasteiger partial charge on any atom is 0.340 e. The molecule has 2 rings (SSSR count). The zero-order valence-electron chi connectivity index (χ0n) is 10.6. The van der Waals surface area contributed by atoms with Crippen LogP contribution < -0.4 is 11.1 Å². The Morgan fingerprint density at radius 3 is 2.65 bits per heavy atom. The highest BCUT2D eigenvalue weighted by atomic mass is 19.1. The van der Waals surface area contributed by atoms with Crippen molar-refractivity contribution in [1.29, 1.82) is 0 Å². The summed E-state index contributed by atoms with van der Waals surface area (Å²) in [5, 5.41) is 2.68. The predicted octanol–water partition coefficient (Wildman–Crippen LogP) is 3.08. The first-order valence-corrected chi connectivity index (χ1v) is 5.71. The molecule has 6 heteroatoms. The third-order valence-corrected chi connectivity index (χ3v) is 2.65. The van der Waals surface area contributed by atoms with Gasteiger partial charge in [-0.1, -0.05) is 6.07 Å². The maximum atomic E-state index is 13.8. The van der Waals surface area contributed by atoms with Gasteiger partial charge in [-0.15, -0.1) is 0 Å². The van der Waals surface area contributed by atoms with E-state index in [4.69, 9.17) is 5.73 Å². The first-order chi connectivity index (χ1) is 9.51. The number of rotatable bonds is 3. The SMILES string of the molecule is COC(=O)c1cc(Nc2cccc(F)c2)c(F)cc1N. The number of anilines is 3. The minimum atomic E-state index is -0.676. The van der Waals surface area contributed by atoms with Crippen LogP contribution in [0.3, 0.4) is 0 Å². The molecule has 0 saturated carbocycles. The van der Waals surface area contributed by atoms with Gasteiger partial charge in [-0.25, -0.2) is 13.6 Å². The fraction of sp³-hybridized carbons (Fsp3) is 0.0714. The van der Waals surface area contributed by atoms with E-state index in [1.807, 2.05) is 0 Å². The Hall–Kier alpha value is -2.63. The Morgan fingerprint density at radius 1 is 1.25 bits per heavy atom. The van der Waals surface area contributed by atoms with Gasteiger partial charge in [0.15, 0.2) is 0 Å². The fourth-order valence-electron chi connectivity index (χ4n) is 1.69. The minimum absolute atomic E-state index is 0.00481. The number of nitrogens with two attached hydrogens (primary N) is 1. The second-order valence-corrected chi connectivity index (χ2v) is 4.05. The average molecular weight is 278 g/mol. The van der Waals surface area contributed by atoms with Crippen molar-refractivity contribution in [2.75, 3.05) is 18.2 Å². The molecule has 2 aromatic carbocycles. The molecule has 20 heavy (non-hydrogen) atoms. The average Bonchev–Trinajstić information content (AvgIpc) is 2.41. The predicted molar refractivity (Wildman–Crippen MR) is 71.8 cm³/mol. The zero-order chi connectivity index (χ0) is 14.7. The lowest BCUT2D eigenvalue weighted by Crippen LogP contribution is -2.07. The largest absolute Gasteiger partial charge is 0.465 e. The maximum absolute atomic E-state index is 13.8. The molecule has 4 nitrogen and oxygen atoms in total. The Morgan fingerprint density at radius 2 is 2.00 bits per heavy atom. The van der Waals surface area contributed by atoms with E-state index in [2.05, 4.69) is 10.1 Å². The summed E-state index contributed by atoms with van der Waals surface area (Å²) in [5.41, 5.74) is 5.92. The lowest BCUT2D eigenvalue weighted by atomic mass is 10.1. The van der Waals surface area contributed by atoms with Crippen LogP contribution in [-0.4, -0.2) is 13.1 Å². The molecule has 0 spiro atoms. The Bertz CT molecular complexity index is 660. The van der Waals surface area contributed by atoms with Crippen LogP contribution in [0.4, 0.5) is 25.8 Å². The smallest absolute Gasteiger partial charge is 0.340 e. The van der Waals surface area contributed by atoms with Gasteiger partial charge < -0.3 is 15.8 Å². The number of hydrogen-bond donors (Lipinski definition) is 2. The highest BCUT2D eigenvalue weighted by Gasteiger charge is 2.14. The topological polar surface area (TPSA) is 64.3 Å². The number of methoxy groups -OCH3 is 1. The van der Waals surface area contributed by atoms with Gasteiger partial charge in [0.2, 0.25) is 0 Å². The molecular weight excluding hydrogens is 266 g/mol. The molecule has 0 aliphatic carbocycles. The molecule has 0 heterocycles. The standard InChI is InChI=1S/C14H12F2N2O2/c1-20-14(19)10-6-13(11(16)7-12(10)17)18-9-4-2-3-8(15)5-9/h2-7,18H,17H2,1H3. The molecule has 0 aliphatic rings.